The maximum absolute atomic E-state index is 12.6. The number of alkyl halides is 6. The number of carbonyl (C=O) groups is 1. The van der Waals surface area contributed by atoms with Crippen LogP contribution in [0.3, 0.4) is 0 Å². The van der Waals surface area contributed by atoms with Crippen LogP contribution in [-0.2, 0) is 10.9 Å². The van der Waals surface area contributed by atoms with Crippen LogP contribution in [0, 0.1) is 0 Å². The molecule has 0 aliphatic rings. The quantitative estimate of drug-likeness (QED) is 0.438. The van der Waals surface area contributed by atoms with Crippen LogP contribution in [0.15, 0.2) is 6.20 Å². The van der Waals surface area contributed by atoms with Crippen molar-refractivity contribution in [1.29, 1.82) is 0 Å². The molecule has 1 aromatic heterocycles. The number of ether oxygens (including phenoxy) is 1. The van der Waals surface area contributed by atoms with E-state index in [1.54, 1.807) is 0 Å². The first-order chi connectivity index (χ1) is 10.0. The summed E-state index contributed by atoms with van der Waals surface area (Å²) >= 11 is -1.69. The van der Waals surface area contributed by atoms with Crippen molar-refractivity contribution in [2.45, 2.75) is 30.9 Å². The Balaban J connectivity index is 3.03. The fourth-order valence-electron chi connectivity index (χ4n) is 1.33. The van der Waals surface area contributed by atoms with E-state index in [1.165, 1.54) is 6.92 Å². The number of hydrogen-bond donors (Lipinski definition) is 0. The van der Waals surface area contributed by atoms with Gasteiger partial charge < -0.3 is 0 Å². The normalized spacial score (nSPS) is 12.9. The van der Waals surface area contributed by atoms with E-state index in [0.29, 0.717) is 6.20 Å². The van der Waals surface area contributed by atoms with Crippen LogP contribution in [0.25, 0.3) is 0 Å². The Morgan fingerprint density at radius 1 is 1.27 bits per heavy atom. The fourth-order valence-corrected chi connectivity index (χ4v) is 3.83. The summed E-state index contributed by atoms with van der Waals surface area (Å²) in [7, 11) is 0. The zero-order valence-electron chi connectivity index (χ0n) is 11.2. The first kappa shape index (κ1) is 18.7. The molecule has 0 aliphatic carbocycles. The van der Waals surface area contributed by atoms with Gasteiger partial charge in [-0.2, -0.15) is 0 Å². The molecule has 0 radical (unpaired) electrons. The third kappa shape index (κ3) is 5.82. The van der Waals surface area contributed by atoms with E-state index in [-0.39, 0.29) is 21.9 Å². The summed E-state index contributed by atoms with van der Waals surface area (Å²) in [6, 6.07) is 0. The summed E-state index contributed by atoms with van der Waals surface area (Å²) in [6.45, 7) is 1.46. The monoisotopic (exact) mass is 392 g/mol. The molecule has 11 heteroatoms. The first-order valence-electron chi connectivity index (χ1n) is 5.96. The van der Waals surface area contributed by atoms with Crippen LogP contribution in [0.5, 0.6) is 0 Å². The molecule has 0 amide bonds. The van der Waals surface area contributed by atoms with Crippen molar-refractivity contribution in [3.05, 3.63) is 17.6 Å². The molecule has 1 aromatic rings. The average molecular weight is 392 g/mol. The maximum atomic E-state index is 12.6. The van der Waals surface area contributed by atoms with E-state index < -0.39 is 46.3 Å². The second-order valence-electron chi connectivity index (χ2n) is 3.97. The van der Waals surface area contributed by atoms with Gasteiger partial charge in [0.15, 0.2) is 0 Å². The number of hydrogen-bond acceptors (Lipinski definition) is 4. The summed E-state index contributed by atoms with van der Waals surface area (Å²) in [5.74, 6) is -2.42. The molecule has 0 spiro atoms. The molecule has 1 unspecified atom stereocenters. The second kappa shape index (κ2) is 7.30. The molecular formula is C11H11AsF6N2O2. The summed E-state index contributed by atoms with van der Waals surface area (Å²) in [4.78, 5) is 17.9. The number of esters is 1. The Labute approximate surface area is 128 Å². The number of aromatic nitrogens is 2. The first-order valence-corrected chi connectivity index (χ1v) is 8.50. The summed E-state index contributed by atoms with van der Waals surface area (Å²) in [6.07, 6.45) is -9.73. The zero-order valence-corrected chi connectivity index (χ0v) is 13.3. The van der Waals surface area contributed by atoms with Gasteiger partial charge in [-0.3, -0.25) is 0 Å². The van der Waals surface area contributed by atoms with E-state index in [2.05, 4.69) is 14.7 Å². The third-order valence-corrected chi connectivity index (χ3v) is 4.79. The molecule has 4 nitrogen and oxygen atoms in total. The third-order valence-electron chi connectivity index (χ3n) is 2.24. The standard InChI is InChI=1S/C11H11AsF6N2O2/c1-2-22-8(21)6-5-19-9(11(16,17)18)20-7(6)12-4-3-10(13,14)15/h5,12H,2-4H2,1H3. The Kier molecular flexibility index (Phi) is 6.22. The molecule has 0 fully saturated rings. The minimum absolute atomic E-state index is 0.0259. The molecule has 1 atom stereocenters. The summed E-state index contributed by atoms with van der Waals surface area (Å²) in [5.41, 5.74) is -0.308. The van der Waals surface area contributed by atoms with Gasteiger partial charge in [-0.05, 0) is 0 Å². The molecule has 124 valence electrons. The van der Waals surface area contributed by atoms with Crippen molar-refractivity contribution in [2.75, 3.05) is 6.61 Å². The van der Waals surface area contributed by atoms with E-state index in [0.717, 1.165) is 0 Å². The molecule has 0 bridgehead atoms. The fraction of sp³-hybridized carbons (Fsp3) is 0.545. The van der Waals surface area contributed by atoms with Gasteiger partial charge in [0.05, 0.1) is 0 Å². The predicted molar refractivity (Wildman–Crippen MR) is 65.3 cm³/mol. The molecule has 1 rings (SSSR count). The van der Waals surface area contributed by atoms with Crippen molar-refractivity contribution in [1.82, 2.24) is 9.97 Å². The minimum atomic E-state index is -4.84. The number of halogens is 6. The van der Waals surface area contributed by atoms with Gasteiger partial charge in [-0.15, -0.1) is 0 Å². The van der Waals surface area contributed by atoms with Crippen LogP contribution in [-0.4, -0.2) is 44.5 Å². The van der Waals surface area contributed by atoms with Gasteiger partial charge in [0.1, 0.15) is 0 Å². The van der Waals surface area contributed by atoms with Crippen LogP contribution in [0.4, 0.5) is 26.3 Å². The molecule has 0 saturated heterocycles. The Hall–Kier alpha value is -1.31. The Morgan fingerprint density at radius 2 is 1.91 bits per heavy atom. The Morgan fingerprint density at radius 3 is 2.41 bits per heavy atom. The van der Waals surface area contributed by atoms with Crippen LogP contribution >= 0.6 is 0 Å². The van der Waals surface area contributed by atoms with Gasteiger partial charge in [-0.1, -0.05) is 0 Å². The van der Waals surface area contributed by atoms with Crippen molar-refractivity contribution in [2.24, 2.45) is 0 Å². The van der Waals surface area contributed by atoms with E-state index >= 15 is 0 Å². The van der Waals surface area contributed by atoms with Gasteiger partial charge in [0.2, 0.25) is 0 Å². The Bertz CT molecular complexity index is 532. The van der Waals surface area contributed by atoms with Gasteiger partial charge in [-0.25, -0.2) is 0 Å². The van der Waals surface area contributed by atoms with Crippen molar-refractivity contribution in [3.63, 3.8) is 0 Å². The van der Waals surface area contributed by atoms with Crippen molar-refractivity contribution in [3.8, 4) is 0 Å². The average Bonchev–Trinajstić information content (AvgIpc) is 2.36. The van der Waals surface area contributed by atoms with E-state index in [1.807, 2.05) is 0 Å². The van der Waals surface area contributed by atoms with Crippen molar-refractivity contribution >= 4 is 26.2 Å². The second-order valence-corrected chi connectivity index (χ2v) is 6.75. The van der Waals surface area contributed by atoms with E-state index in [9.17, 15) is 31.1 Å². The molecule has 0 saturated carbocycles. The van der Waals surface area contributed by atoms with Crippen molar-refractivity contribution < 1.29 is 35.9 Å². The van der Waals surface area contributed by atoms with Crippen LogP contribution in [0.1, 0.15) is 29.5 Å². The topological polar surface area (TPSA) is 52.1 Å². The number of carbonyl (C=O) groups excluding carboxylic acids is 1. The van der Waals surface area contributed by atoms with Gasteiger partial charge in [0.25, 0.3) is 0 Å². The van der Waals surface area contributed by atoms with Gasteiger partial charge in [0, 0.05) is 0 Å². The SMILES string of the molecule is CCOC(=O)c1cnc(C(F)(F)F)nc1[AsH]CCC(F)(F)F. The molecule has 0 aromatic carbocycles. The molecule has 1 heterocycles. The molecule has 0 aliphatic heterocycles. The predicted octanol–water partition coefficient (Wildman–Crippen LogP) is 2.10. The number of rotatable bonds is 5. The summed E-state index contributed by atoms with van der Waals surface area (Å²) < 4.78 is 78.4. The van der Waals surface area contributed by atoms with Gasteiger partial charge >= 0.3 is 127 Å². The van der Waals surface area contributed by atoms with E-state index in [4.69, 9.17) is 0 Å². The molecule has 0 N–H and O–H groups in total. The summed E-state index contributed by atoms with van der Waals surface area (Å²) in [5, 5.41) is -0.371. The van der Waals surface area contributed by atoms with Crippen LogP contribution in [0.2, 0.25) is 5.21 Å². The molecular weight excluding hydrogens is 381 g/mol. The number of nitrogens with zero attached hydrogens (tertiary/aromatic N) is 2. The molecule has 22 heavy (non-hydrogen) atoms. The zero-order chi connectivity index (χ0) is 17.0. The van der Waals surface area contributed by atoms with Crippen LogP contribution < -0.4 is 4.48 Å².